The van der Waals surface area contributed by atoms with Crippen LogP contribution in [0.5, 0.6) is 0 Å². The summed E-state index contributed by atoms with van der Waals surface area (Å²) in [6.07, 6.45) is 6.63. The van der Waals surface area contributed by atoms with Crippen molar-refractivity contribution in [3.8, 4) is 0 Å². The molecule has 3 N–H and O–H groups in total. The number of rotatable bonds is 7. The first-order valence-corrected chi connectivity index (χ1v) is 8.60. The van der Waals surface area contributed by atoms with Crippen molar-refractivity contribution in [2.24, 2.45) is 0 Å². The van der Waals surface area contributed by atoms with Crippen LogP contribution in [0.1, 0.15) is 49.2 Å². The maximum atomic E-state index is 11.6. The molecule has 0 aromatic carbocycles. The summed E-state index contributed by atoms with van der Waals surface area (Å²) >= 11 is 1.70. The molecule has 0 aliphatic heterocycles. The fourth-order valence-electron chi connectivity index (χ4n) is 2.64. The van der Waals surface area contributed by atoms with Crippen LogP contribution in [0.15, 0.2) is 5.38 Å². The van der Waals surface area contributed by atoms with E-state index in [-0.39, 0.29) is 6.03 Å². The quantitative estimate of drug-likeness (QED) is 0.677. The monoisotopic (exact) mass is 311 g/mol. The number of urea groups is 1. The van der Waals surface area contributed by atoms with Crippen molar-refractivity contribution in [3.05, 3.63) is 16.1 Å². The second-order valence-corrected chi connectivity index (χ2v) is 6.82. The van der Waals surface area contributed by atoms with Gasteiger partial charge in [-0.2, -0.15) is 0 Å². The van der Waals surface area contributed by atoms with E-state index in [0.717, 1.165) is 50.6 Å². The van der Waals surface area contributed by atoms with Crippen LogP contribution in [-0.4, -0.2) is 34.8 Å². The molecule has 1 aromatic heterocycles. The van der Waals surface area contributed by atoms with E-state index < -0.39 is 5.60 Å². The van der Waals surface area contributed by atoms with E-state index in [1.54, 1.807) is 11.3 Å². The van der Waals surface area contributed by atoms with Gasteiger partial charge in [-0.1, -0.05) is 12.8 Å². The number of carbonyl (C=O) groups is 1. The summed E-state index contributed by atoms with van der Waals surface area (Å²) in [6, 6.07) is -0.180. The maximum Gasteiger partial charge on any atom is 0.314 e. The lowest BCUT2D eigenvalue weighted by atomic mass is 10.0. The van der Waals surface area contributed by atoms with E-state index >= 15 is 0 Å². The number of thiazole rings is 1. The van der Waals surface area contributed by atoms with Crippen LogP contribution >= 0.6 is 11.3 Å². The highest BCUT2D eigenvalue weighted by atomic mass is 32.1. The molecule has 118 valence electrons. The molecule has 0 spiro atoms. The number of hydrogen-bond acceptors (Lipinski definition) is 4. The number of carbonyl (C=O) groups excluding carboxylic acids is 1. The molecule has 0 saturated heterocycles. The minimum atomic E-state index is -0.681. The van der Waals surface area contributed by atoms with Crippen LogP contribution in [0, 0.1) is 6.92 Å². The van der Waals surface area contributed by atoms with E-state index in [1.807, 2.05) is 6.92 Å². The molecule has 21 heavy (non-hydrogen) atoms. The Kier molecular flexibility index (Phi) is 5.99. The number of hydrogen-bond donors (Lipinski definition) is 3. The zero-order valence-corrected chi connectivity index (χ0v) is 13.5. The predicted octanol–water partition coefficient (Wildman–Crippen LogP) is 2.38. The molecule has 0 unspecified atom stereocenters. The Morgan fingerprint density at radius 1 is 1.38 bits per heavy atom. The molecule has 6 heteroatoms. The summed E-state index contributed by atoms with van der Waals surface area (Å²) in [5.41, 5.74) is 0.400. The smallest absolute Gasteiger partial charge is 0.314 e. The van der Waals surface area contributed by atoms with Crippen molar-refractivity contribution in [2.45, 2.75) is 57.5 Å². The molecular formula is C15H25N3O2S. The van der Waals surface area contributed by atoms with Gasteiger partial charge in [-0.25, -0.2) is 9.78 Å². The maximum absolute atomic E-state index is 11.6. The molecule has 1 heterocycles. The first-order chi connectivity index (χ1) is 10.1. The van der Waals surface area contributed by atoms with E-state index in [0.29, 0.717) is 13.1 Å². The Bertz CT molecular complexity index is 456. The molecule has 1 saturated carbocycles. The van der Waals surface area contributed by atoms with Crippen LogP contribution in [0.25, 0.3) is 0 Å². The van der Waals surface area contributed by atoms with E-state index in [1.165, 1.54) is 5.01 Å². The third kappa shape index (κ3) is 5.63. The van der Waals surface area contributed by atoms with E-state index in [2.05, 4.69) is 21.0 Å². The van der Waals surface area contributed by atoms with Crippen molar-refractivity contribution in [1.29, 1.82) is 0 Å². The molecule has 1 aromatic rings. The van der Waals surface area contributed by atoms with Crippen molar-refractivity contribution >= 4 is 17.4 Å². The van der Waals surface area contributed by atoms with Gasteiger partial charge < -0.3 is 15.7 Å². The minimum Gasteiger partial charge on any atom is -0.388 e. The standard InChI is InChI=1S/C15H25N3O2S/c1-12-10-21-13(18-12)6-2-5-9-16-14(19)17-11-15(20)7-3-4-8-15/h10,20H,2-9,11H2,1H3,(H2,16,17,19). The Morgan fingerprint density at radius 3 is 2.81 bits per heavy atom. The summed E-state index contributed by atoms with van der Waals surface area (Å²) in [4.78, 5) is 16.1. The zero-order valence-electron chi connectivity index (χ0n) is 12.7. The van der Waals surface area contributed by atoms with Crippen molar-refractivity contribution in [1.82, 2.24) is 15.6 Å². The lowest BCUT2D eigenvalue weighted by Gasteiger charge is -2.22. The summed E-state index contributed by atoms with van der Waals surface area (Å²) in [5, 5.41) is 19.0. The molecule has 1 fully saturated rings. The first kappa shape index (κ1) is 16.2. The van der Waals surface area contributed by atoms with E-state index in [9.17, 15) is 9.90 Å². The number of unbranched alkanes of at least 4 members (excludes halogenated alkanes) is 1. The summed E-state index contributed by atoms with van der Waals surface area (Å²) in [6.45, 7) is 3.02. The van der Waals surface area contributed by atoms with Gasteiger partial charge in [0.1, 0.15) is 0 Å². The van der Waals surface area contributed by atoms with Gasteiger partial charge in [-0.15, -0.1) is 11.3 Å². The topological polar surface area (TPSA) is 74.2 Å². The third-order valence-corrected chi connectivity index (χ3v) is 4.91. The predicted molar refractivity (Wildman–Crippen MR) is 84.6 cm³/mol. The summed E-state index contributed by atoms with van der Waals surface area (Å²) in [5.74, 6) is 0. The van der Waals surface area contributed by atoms with Crippen molar-refractivity contribution < 1.29 is 9.90 Å². The molecule has 1 aliphatic rings. The van der Waals surface area contributed by atoms with Crippen LogP contribution < -0.4 is 10.6 Å². The number of aromatic nitrogens is 1. The van der Waals surface area contributed by atoms with Gasteiger partial charge in [0.15, 0.2) is 0 Å². The van der Waals surface area contributed by atoms with Crippen LogP contribution in [-0.2, 0) is 6.42 Å². The Morgan fingerprint density at radius 2 is 2.14 bits per heavy atom. The van der Waals surface area contributed by atoms with Gasteiger partial charge in [0.2, 0.25) is 0 Å². The third-order valence-electron chi connectivity index (χ3n) is 3.88. The van der Waals surface area contributed by atoms with Gasteiger partial charge in [0.25, 0.3) is 0 Å². The fourth-order valence-corrected chi connectivity index (χ4v) is 3.46. The molecule has 0 bridgehead atoms. The molecule has 5 nitrogen and oxygen atoms in total. The Balaban J connectivity index is 1.51. The Hall–Kier alpha value is -1.14. The highest BCUT2D eigenvalue weighted by molar-refractivity contribution is 7.09. The first-order valence-electron chi connectivity index (χ1n) is 7.72. The van der Waals surface area contributed by atoms with E-state index in [4.69, 9.17) is 0 Å². The molecule has 2 rings (SSSR count). The fraction of sp³-hybridized carbons (Fsp3) is 0.733. The number of nitrogens with one attached hydrogen (secondary N) is 2. The van der Waals surface area contributed by atoms with Gasteiger partial charge in [0, 0.05) is 24.2 Å². The normalized spacial score (nSPS) is 16.9. The lowest BCUT2D eigenvalue weighted by Crippen LogP contribution is -2.45. The minimum absolute atomic E-state index is 0.180. The SMILES string of the molecule is Cc1csc(CCCCNC(=O)NCC2(O)CCCC2)n1. The van der Waals surface area contributed by atoms with Gasteiger partial charge in [-0.3, -0.25) is 0 Å². The highest BCUT2D eigenvalue weighted by Gasteiger charge is 2.31. The number of aryl methyl sites for hydroxylation is 2. The average molecular weight is 311 g/mol. The van der Waals surface area contributed by atoms with Gasteiger partial charge >= 0.3 is 6.03 Å². The summed E-state index contributed by atoms with van der Waals surface area (Å²) in [7, 11) is 0. The molecule has 1 aliphatic carbocycles. The van der Waals surface area contributed by atoms with Crippen molar-refractivity contribution in [2.75, 3.05) is 13.1 Å². The Labute approximate surface area is 130 Å². The number of nitrogens with zero attached hydrogens (tertiary/aromatic N) is 1. The van der Waals surface area contributed by atoms with Crippen LogP contribution in [0.4, 0.5) is 4.79 Å². The largest absolute Gasteiger partial charge is 0.388 e. The van der Waals surface area contributed by atoms with Gasteiger partial charge in [-0.05, 0) is 39.0 Å². The summed E-state index contributed by atoms with van der Waals surface area (Å²) < 4.78 is 0. The van der Waals surface area contributed by atoms with Crippen LogP contribution in [0.2, 0.25) is 0 Å². The molecule has 0 atom stereocenters. The second-order valence-electron chi connectivity index (χ2n) is 5.88. The molecule has 0 radical (unpaired) electrons. The lowest BCUT2D eigenvalue weighted by molar-refractivity contribution is 0.0501. The van der Waals surface area contributed by atoms with Crippen molar-refractivity contribution in [3.63, 3.8) is 0 Å². The number of amides is 2. The zero-order chi connectivity index (χ0) is 15.1. The average Bonchev–Trinajstić information content (AvgIpc) is 3.06. The van der Waals surface area contributed by atoms with Gasteiger partial charge in [0.05, 0.1) is 10.6 Å². The highest BCUT2D eigenvalue weighted by Crippen LogP contribution is 2.28. The van der Waals surface area contributed by atoms with Crippen LogP contribution in [0.3, 0.4) is 0 Å². The number of aliphatic hydroxyl groups is 1. The molecular weight excluding hydrogens is 286 g/mol. The molecule has 2 amide bonds. The second kappa shape index (κ2) is 7.75.